The van der Waals surface area contributed by atoms with Gasteiger partial charge in [-0.2, -0.15) is 0 Å². The summed E-state index contributed by atoms with van der Waals surface area (Å²) in [5, 5.41) is 7.83. The van der Waals surface area contributed by atoms with Gasteiger partial charge in [0.1, 0.15) is 5.84 Å². The van der Waals surface area contributed by atoms with E-state index in [1.54, 1.807) is 0 Å². The number of para-hydroxylation sites is 1. The molecule has 0 amide bonds. The molecule has 1 aliphatic rings. The standard InChI is InChI=1S/C17H19N3/c1-12-8-9-16(14(11-12)17(18)19)20-10-4-6-13-5-2-3-7-15(13)20/h2-3,5,7-9,11H,4,6,10H2,1H3,(H3,18,19). The zero-order valence-electron chi connectivity index (χ0n) is 11.7. The first kappa shape index (κ1) is 12.7. The normalized spacial score (nSPS) is 13.9. The monoisotopic (exact) mass is 265 g/mol. The molecule has 3 N–H and O–H groups in total. The van der Waals surface area contributed by atoms with Gasteiger partial charge in [-0.15, -0.1) is 0 Å². The van der Waals surface area contributed by atoms with Crippen LogP contribution in [0.2, 0.25) is 0 Å². The van der Waals surface area contributed by atoms with Crippen LogP contribution in [0.1, 0.15) is 23.1 Å². The number of amidine groups is 1. The first-order valence-corrected chi connectivity index (χ1v) is 6.97. The zero-order chi connectivity index (χ0) is 14.1. The van der Waals surface area contributed by atoms with Crippen molar-refractivity contribution in [1.82, 2.24) is 0 Å². The van der Waals surface area contributed by atoms with Crippen LogP contribution in [0.15, 0.2) is 42.5 Å². The van der Waals surface area contributed by atoms with E-state index in [4.69, 9.17) is 11.1 Å². The van der Waals surface area contributed by atoms with Crippen molar-refractivity contribution in [3.05, 3.63) is 59.2 Å². The van der Waals surface area contributed by atoms with Gasteiger partial charge < -0.3 is 10.6 Å². The molecule has 3 heteroatoms. The Kier molecular flexibility index (Phi) is 3.18. The highest BCUT2D eigenvalue weighted by Gasteiger charge is 2.20. The number of fused-ring (bicyclic) bond motifs is 1. The average Bonchev–Trinajstić information content (AvgIpc) is 2.46. The molecular formula is C17H19N3. The van der Waals surface area contributed by atoms with Crippen molar-refractivity contribution < 1.29 is 0 Å². The smallest absolute Gasteiger partial charge is 0.124 e. The first-order valence-electron chi connectivity index (χ1n) is 6.97. The van der Waals surface area contributed by atoms with Gasteiger partial charge in [0, 0.05) is 17.8 Å². The summed E-state index contributed by atoms with van der Waals surface area (Å²) in [5.41, 5.74) is 11.4. The van der Waals surface area contributed by atoms with Gasteiger partial charge in [-0.1, -0.05) is 29.8 Å². The van der Waals surface area contributed by atoms with Crippen molar-refractivity contribution in [2.75, 3.05) is 11.4 Å². The van der Waals surface area contributed by atoms with E-state index in [-0.39, 0.29) is 5.84 Å². The molecule has 0 fully saturated rings. The van der Waals surface area contributed by atoms with E-state index in [1.807, 2.05) is 13.0 Å². The molecule has 0 radical (unpaired) electrons. The molecule has 2 aromatic rings. The minimum atomic E-state index is 0.131. The van der Waals surface area contributed by atoms with Crippen LogP contribution in [0.3, 0.4) is 0 Å². The molecule has 0 aromatic heterocycles. The van der Waals surface area contributed by atoms with Gasteiger partial charge >= 0.3 is 0 Å². The highest BCUT2D eigenvalue weighted by atomic mass is 15.1. The third-order valence-electron chi connectivity index (χ3n) is 3.84. The summed E-state index contributed by atoms with van der Waals surface area (Å²) in [5.74, 6) is 0.131. The van der Waals surface area contributed by atoms with Gasteiger partial charge in [0.25, 0.3) is 0 Å². The largest absolute Gasteiger partial charge is 0.384 e. The molecule has 0 saturated carbocycles. The Hall–Kier alpha value is -2.29. The predicted molar refractivity (Wildman–Crippen MR) is 84.0 cm³/mol. The van der Waals surface area contributed by atoms with E-state index >= 15 is 0 Å². The van der Waals surface area contributed by atoms with Gasteiger partial charge in [-0.25, -0.2) is 0 Å². The Morgan fingerprint density at radius 2 is 1.95 bits per heavy atom. The fourth-order valence-corrected chi connectivity index (χ4v) is 2.88. The number of nitrogens with one attached hydrogen (secondary N) is 1. The molecule has 0 unspecified atom stereocenters. The second kappa shape index (κ2) is 5.00. The fourth-order valence-electron chi connectivity index (χ4n) is 2.88. The Morgan fingerprint density at radius 1 is 1.15 bits per heavy atom. The molecule has 102 valence electrons. The summed E-state index contributed by atoms with van der Waals surface area (Å²) in [6.45, 7) is 3.00. The Labute approximate surface area is 119 Å². The molecule has 3 rings (SSSR count). The van der Waals surface area contributed by atoms with Crippen LogP contribution in [0.4, 0.5) is 11.4 Å². The third-order valence-corrected chi connectivity index (χ3v) is 3.84. The van der Waals surface area contributed by atoms with E-state index in [2.05, 4.69) is 41.3 Å². The highest BCUT2D eigenvalue weighted by molar-refractivity contribution is 6.01. The summed E-state index contributed by atoms with van der Waals surface area (Å²) in [6, 6.07) is 14.6. The number of rotatable bonds is 2. The SMILES string of the molecule is Cc1ccc(N2CCCc3ccccc32)c(C(=N)N)c1. The molecule has 2 aromatic carbocycles. The summed E-state index contributed by atoms with van der Waals surface area (Å²) in [4.78, 5) is 2.29. The van der Waals surface area contributed by atoms with E-state index in [1.165, 1.54) is 11.3 Å². The zero-order valence-corrected chi connectivity index (χ0v) is 11.7. The number of nitrogens with two attached hydrogens (primary N) is 1. The quantitative estimate of drug-likeness (QED) is 0.646. The lowest BCUT2D eigenvalue weighted by atomic mass is 9.99. The fraction of sp³-hybridized carbons (Fsp3) is 0.235. The molecule has 3 nitrogen and oxygen atoms in total. The lowest BCUT2D eigenvalue weighted by Crippen LogP contribution is -2.27. The van der Waals surface area contributed by atoms with E-state index < -0.39 is 0 Å². The summed E-state index contributed by atoms with van der Waals surface area (Å²) >= 11 is 0. The number of benzene rings is 2. The van der Waals surface area contributed by atoms with Gasteiger partial charge in [0.2, 0.25) is 0 Å². The first-order chi connectivity index (χ1) is 9.66. The van der Waals surface area contributed by atoms with Crippen LogP contribution in [-0.2, 0) is 6.42 Å². The molecule has 0 aliphatic carbocycles. The summed E-state index contributed by atoms with van der Waals surface area (Å²) in [7, 11) is 0. The number of anilines is 2. The van der Waals surface area contributed by atoms with E-state index in [9.17, 15) is 0 Å². The number of nitrogens with zero attached hydrogens (tertiary/aromatic N) is 1. The lowest BCUT2D eigenvalue weighted by Gasteiger charge is -2.32. The Morgan fingerprint density at radius 3 is 2.75 bits per heavy atom. The highest BCUT2D eigenvalue weighted by Crippen LogP contribution is 2.35. The van der Waals surface area contributed by atoms with Crippen LogP contribution in [0.25, 0.3) is 0 Å². The van der Waals surface area contributed by atoms with E-state index in [0.717, 1.165) is 36.2 Å². The number of nitrogen functional groups attached to an aromatic ring is 1. The predicted octanol–water partition coefficient (Wildman–Crippen LogP) is 3.36. The van der Waals surface area contributed by atoms with Gasteiger partial charge in [0.15, 0.2) is 0 Å². The van der Waals surface area contributed by atoms with Crippen LogP contribution in [-0.4, -0.2) is 12.4 Å². The molecular weight excluding hydrogens is 246 g/mol. The van der Waals surface area contributed by atoms with Gasteiger partial charge in [-0.3, -0.25) is 5.41 Å². The summed E-state index contributed by atoms with van der Waals surface area (Å²) < 4.78 is 0. The third kappa shape index (κ3) is 2.16. The maximum Gasteiger partial charge on any atom is 0.124 e. The molecule has 0 bridgehead atoms. The number of hydrogen-bond donors (Lipinski definition) is 2. The molecule has 20 heavy (non-hydrogen) atoms. The van der Waals surface area contributed by atoms with Gasteiger partial charge in [-0.05, 0) is 43.5 Å². The molecule has 1 heterocycles. The number of aryl methyl sites for hydroxylation is 2. The molecule has 0 saturated heterocycles. The second-order valence-corrected chi connectivity index (χ2v) is 5.32. The summed E-state index contributed by atoms with van der Waals surface area (Å²) in [6.07, 6.45) is 2.25. The second-order valence-electron chi connectivity index (χ2n) is 5.32. The van der Waals surface area contributed by atoms with Crippen molar-refractivity contribution in [2.45, 2.75) is 19.8 Å². The van der Waals surface area contributed by atoms with E-state index in [0.29, 0.717) is 0 Å². The number of hydrogen-bond acceptors (Lipinski definition) is 2. The molecule has 0 atom stereocenters. The van der Waals surface area contributed by atoms with Crippen molar-refractivity contribution in [2.24, 2.45) is 5.73 Å². The van der Waals surface area contributed by atoms with Crippen molar-refractivity contribution in [3.8, 4) is 0 Å². The van der Waals surface area contributed by atoms with Crippen LogP contribution in [0.5, 0.6) is 0 Å². The maximum atomic E-state index is 7.83. The average molecular weight is 265 g/mol. The van der Waals surface area contributed by atoms with Crippen molar-refractivity contribution >= 4 is 17.2 Å². The topological polar surface area (TPSA) is 53.1 Å². The van der Waals surface area contributed by atoms with Crippen molar-refractivity contribution in [3.63, 3.8) is 0 Å². The minimum absolute atomic E-state index is 0.131. The Balaban J connectivity index is 2.13. The minimum Gasteiger partial charge on any atom is -0.384 e. The van der Waals surface area contributed by atoms with Crippen LogP contribution in [0, 0.1) is 12.3 Å². The van der Waals surface area contributed by atoms with Crippen LogP contribution >= 0.6 is 0 Å². The van der Waals surface area contributed by atoms with Crippen LogP contribution < -0.4 is 10.6 Å². The molecule has 0 spiro atoms. The molecule has 1 aliphatic heterocycles. The Bertz CT molecular complexity index is 661. The maximum absolute atomic E-state index is 7.83. The van der Waals surface area contributed by atoms with Crippen molar-refractivity contribution in [1.29, 1.82) is 5.41 Å². The van der Waals surface area contributed by atoms with Gasteiger partial charge in [0.05, 0.1) is 5.69 Å². The lowest BCUT2D eigenvalue weighted by molar-refractivity contribution is 0.766.